The van der Waals surface area contributed by atoms with Crippen LogP contribution in [-0.2, 0) is 7.56 Å². The molecule has 0 bridgehead atoms. The standard InChI is InChI=1S/C4H9.GeO2.Sn.H/c1-3-4-2;2-1-3;;/h1,3-4H2,2H3;;;. The monoisotopic (exact) mass is 284 g/mol. The van der Waals surface area contributed by atoms with Gasteiger partial charge in [0.05, 0.1) is 0 Å². The van der Waals surface area contributed by atoms with Crippen LogP contribution in [0.2, 0.25) is 4.44 Å². The fourth-order valence-corrected chi connectivity index (χ4v) is 1.37. The second kappa shape index (κ2) is 15.7. The fourth-order valence-electron chi connectivity index (χ4n) is 0.204. The summed E-state index contributed by atoms with van der Waals surface area (Å²) in [5.41, 5.74) is 0. The summed E-state index contributed by atoms with van der Waals surface area (Å²) in [5.74, 6) is 0. The fraction of sp³-hybridized carbons (Fsp3) is 1.00. The van der Waals surface area contributed by atoms with Gasteiger partial charge >= 0.3 is 69.6 Å². The molecule has 0 amide bonds. The molecule has 0 aliphatic carbocycles. The summed E-state index contributed by atoms with van der Waals surface area (Å²) in [6.07, 6.45) is 2.82. The molecule has 0 N–H and O–H groups in total. The Balaban J connectivity index is 0. The van der Waals surface area contributed by atoms with Crippen LogP contribution in [0.3, 0.4) is 0 Å². The second-order valence-corrected chi connectivity index (χ2v) is 3.22. The van der Waals surface area contributed by atoms with Crippen LogP contribution in [0.25, 0.3) is 0 Å². The van der Waals surface area contributed by atoms with Gasteiger partial charge < -0.3 is 0 Å². The first-order valence-electron chi connectivity index (χ1n) is 2.52. The van der Waals surface area contributed by atoms with Crippen molar-refractivity contribution in [2.24, 2.45) is 0 Å². The van der Waals surface area contributed by atoms with Gasteiger partial charge in [0.25, 0.3) is 0 Å². The molecule has 4 heteroatoms. The molecule has 0 rings (SSSR count). The Bertz CT molecular complexity index is 59.1. The van der Waals surface area contributed by atoms with Crippen LogP contribution in [0.5, 0.6) is 0 Å². The van der Waals surface area contributed by atoms with Gasteiger partial charge in [-0.3, -0.25) is 0 Å². The SMILES string of the molecule is CCC[CH2][SnH].[O]=[Ge]=[O]. The van der Waals surface area contributed by atoms with Crippen molar-refractivity contribution in [1.82, 2.24) is 0 Å². The average molecular weight is 281 g/mol. The molecular formula is C4H10GeO2Sn. The van der Waals surface area contributed by atoms with Gasteiger partial charge in [0, 0.05) is 0 Å². The summed E-state index contributed by atoms with van der Waals surface area (Å²) < 4.78 is 18.5. The summed E-state index contributed by atoms with van der Waals surface area (Å²) in [7, 11) is 0. The molecule has 0 spiro atoms. The number of rotatable bonds is 2. The van der Waals surface area contributed by atoms with E-state index >= 15 is 0 Å². The number of hydrogen-bond acceptors (Lipinski definition) is 2. The zero-order valence-electron chi connectivity index (χ0n) is 5.02. The van der Waals surface area contributed by atoms with Crippen LogP contribution >= 0.6 is 0 Å². The molecule has 0 fully saturated rings. The van der Waals surface area contributed by atoms with E-state index in [2.05, 4.69) is 6.92 Å². The Labute approximate surface area is 69.4 Å². The van der Waals surface area contributed by atoms with Crippen molar-refractivity contribution in [3.8, 4) is 0 Å². The van der Waals surface area contributed by atoms with Crippen molar-refractivity contribution in [2.75, 3.05) is 0 Å². The summed E-state index contributed by atoms with van der Waals surface area (Å²) in [4.78, 5) is 0. The Morgan fingerprint density at radius 1 is 1.50 bits per heavy atom. The van der Waals surface area contributed by atoms with Crippen molar-refractivity contribution in [3.63, 3.8) is 0 Å². The van der Waals surface area contributed by atoms with Gasteiger partial charge in [-0.25, -0.2) is 0 Å². The van der Waals surface area contributed by atoms with Crippen LogP contribution < -0.4 is 0 Å². The van der Waals surface area contributed by atoms with Crippen molar-refractivity contribution in [2.45, 2.75) is 24.2 Å². The molecule has 46 valence electrons. The topological polar surface area (TPSA) is 34.1 Å². The Kier molecular flexibility index (Phi) is 22.9. The average Bonchev–Trinajstić information content (AvgIpc) is 1.71. The molecule has 8 heavy (non-hydrogen) atoms. The molecule has 0 unspecified atom stereocenters. The first-order chi connectivity index (χ1) is 3.83. The van der Waals surface area contributed by atoms with E-state index in [1.807, 2.05) is 0 Å². The summed E-state index contributed by atoms with van der Waals surface area (Å²) in [6, 6.07) is 0. The Hall–Kier alpha value is 0.942. The van der Waals surface area contributed by atoms with Crippen LogP contribution in [0.1, 0.15) is 19.8 Å². The molecule has 0 saturated heterocycles. The predicted octanol–water partition coefficient (Wildman–Crippen LogP) is 0.487. The van der Waals surface area contributed by atoms with E-state index in [4.69, 9.17) is 7.56 Å². The molecule has 0 heterocycles. The van der Waals surface area contributed by atoms with E-state index in [0.717, 1.165) is 0 Å². The maximum atomic E-state index is 8.50. The molecule has 0 aromatic rings. The third-order valence-corrected chi connectivity index (χ3v) is 1.72. The molecule has 2 nitrogen and oxygen atoms in total. The Morgan fingerprint density at radius 2 is 1.88 bits per heavy atom. The second-order valence-electron chi connectivity index (χ2n) is 1.23. The van der Waals surface area contributed by atoms with Gasteiger partial charge in [-0.05, 0) is 0 Å². The molecule has 0 aliphatic rings. The Morgan fingerprint density at radius 3 is 1.88 bits per heavy atom. The van der Waals surface area contributed by atoms with Crippen LogP contribution in [0, 0.1) is 0 Å². The molecule has 0 saturated carbocycles. The van der Waals surface area contributed by atoms with E-state index in [-0.39, 0.29) is 0 Å². The molecule has 0 aromatic heterocycles. The van der Waals surface area contributed by atoms with E-state index in [1.165, 1.54) is 39.8 Å². The van der Waals surface area contributed by atoms with Crippen molar-refractivity contribution in [3.05, 3.63) is 0 Å². The van der Waals surface area contributed by atoms with Crippen LogP contribution in [-0.4, -0.2) is 37.8 Å². The molecule has 2 radical (unpaired) electrons. The number of hydrogen-bond donors (Lipinski definition) is 0. The third-order valence-electron chi connectivity index (χ3n) is 0.558. The van der Waals surface area contributed by atoms with E-state index < -0.39 is 15.3 Å². The zero-order chi connectivity index (χ0) is 6.83. The first-order valence-corrected chi connectivity index (χ1v) is 6.57. The minimum atomic E-state index is -2.00. The first kappa shape index (κ1) is 11.7. The maximum absolute atomic E-state index is 8.50. The zero-order valence-corrected chi connectivity index (χ0v) is 10.4. The van der Waals surface area contributed by atoms with Crippen LogP contribution in [0.15, 0.2) is 0 Å². The van der Waals surface area contributed by atoms with Gasteiger partial charge in [-0.15, -0.1) is 0 Å². The van der Waals surface area contributed by atoms with E-state index in [1.54, 1.807) is 0 Å². The summed E-state index contributed by atoms with van der Waals surface area (Å²) in [6.45, 7) is 2.23. The molecule has 0 atom stereocenters. The third kappa shape index (κ3) is 28.3. The van der Waals surface area contributed by atoms with Crippen molar-refractivity contribution in [1.29, 1.82) is 0 Å². The molecule has 0 aromatic carbocycles. The predicted molar refractivity (Wildman–Crippen MR) is 34.0 cm³/mol. The van der Waals surface area contributed by atoms with Gasteiger partial charge in [0.2, 0.25) is 0 Å². The number of unbranched alkanes of at least 4 members (excludes halogenated alkanes) is 1. The van der Waals surface area contributed by atoms with Crippen molar-refractivity contribution >= 4 is 37.8 Å². The van der Waals surface area contributed by atoms with Gasteiger partial charge in [-0.1, -0.05) is 0 Å². The van der Waals surface area contributed by atoms with Gasteiger partial charge in [-0.2, -0.15) is 0 Å². The van der Waals surface area contributed by atoms with E-state index in [0.29, 0.717) is 0 Å². The normalized spacial score (nSPS) is 6.25. The quantitative estimate of drug-likeness (QED) is 0.690. The summed E-state index contributed by atoms with van der Waals surface area (Å²) >= 11 is -0.549. The molecular weight excluding hydrogens is 271 g/mol. The minimum absolute atomic E-state index is 1.38. The van der Waals surface area contributed by atoms with Gasteiger partial charge in [0.15, 0.2) is 0 Å². The summed E-state index contributed by atoms with van der Waals surface area (Å²) in [5, 5.41) is 0. The van der Waals surface area contributed by atoms with Gasteiger partial charge in [0.1, 0.15) is 0 Å². The molecule has 0 aliphatic heterocycles. The van der Waals surface area contributed by atoms with Crippen LogP contribution in [0.4, 0.5) is 0 Å². The van der Waals surface area contributed by atoms with Crippen molar-refractivity contribution < 1.29 is 7.56 Å². The van der Waals surface area contributed by atoms with E-state index in [9.17, 15) is 0 Å².